The minimum Gasteiger partial charge on any atom is -0.406 e. The van der Waals surface area contributed by atoms with E-state index in [4.69, 9.17) is 5.73 Å². The summed E-state index contributed by atoms with van der Waals surface area (Å²) in [5.74, 6) is -1.36. The summed E-state index contributed by atoms with van der Waals surface area (Å²) in [5, 5.41) is 10.3. The number of aliphatic hydroxyl groups excluding tert-OH is 1. The van der Waals surface area contributed by atoms with Gasteiger partial charge in [-0.3, -0.25) is 0 Å². The van der Waals surface area contributed by atoms with Crippen LogP contribution in [0.4, 0.5) is 17.6 Å². The highest BCUT2D eigenvalue weighted by Gasteiger charge is 2.33. The SMILES string of the molecule is N[C@@H](c1cc(OC(F)(F)F)ccc1F)[C@H](O)C1CCCCC1. The molecule has 1 saturated carbocycles. The van der Waals surface area contributed by atoms with Crippen molar-refractivity contribution in [3.05, 3.63) is 29.6 Å². The van der Waals surface area contributed by atoms with Crippen molar-refractivity contribution in [1.29, 1.82) is 0 Å². The van der Waals surface area contributed by atoms with Crippen LogP contribution < -0.4 is 10.5 Å². The van der Waals surface area contributed by atoms with Crippen molar-refractivity contribution in [2.75, 3.05) is 0 Å². The number of halogens is 4. The Kier molecular flexibility index (Phi) is 5.28. The summed E-state index contributed by atoms with van der Waals surface area (Å²) in [5.41, 5.74) is 5.71. The summed E-state index contributed by atoms with van der Waals surface area (Å²) >= 11 is 0. The summed E-state index contributed by atoms with van der Waals surface area (Å²) in [4.78, 5) is 0. The zero-order valence-corrected chi connectivity index (χ0v) is 11.9. The molecular formula is C15H19F4NO2. The Morgan fingerprint density at radius 2 is 1.82 bits per heavy atom. The number of rotatable bonds is 4. The van der Waals surface area contributed by atoms with E-state index >= 15 is 0 Å². The third-order valence-electron chi connectivity index (χ3n) is 4.06. The predicted molar refractivity (Wildman–Crippen MR) is 72.6 cm³/mol. The zero-order valence-electron chi connectivity index (χ0n) is 11.9. The van der Waals surface area contributed by atoms with Gasteiger partial charge in [-0.25, -0.2) is 4.39 Å². The second-order valence-corrected chi connectivity index (χ2v) is 5.65. The number of hydrogen-bond acceptors (Lipinski definition) is 3. The average molecular weight is 321 g/mol. The third-order valence-corrected chi connectivity index (χ3v) is 4.06. The normalized spacial score (nSPS) is 19.7. The second-order valence-electron chi connectivity index (χ2n) is 5.65. The van der Waals surface area contributed by atoms with E-state index in [9.17, 15) is 22.7 Å². The van der Waals surface area contributed by atoms with Crippen molar-refractivity contribution in [3.63, 3.8) is 0 Å². The van der Waals surface area contributed by atoms with Crippen LogP contribution in [0.2, 0.25) is 0 Å². The Morgan fingerprint density at radius 3 is 2.41 bits per heavy atom. The van der Waals surface area contributed by atoms with Crippen molar-refractivity contribution >= 4 is 0 Å². The average Bonchev–Trinajstić information content (AvgIpc) is 2.47. The Bertz CT molecular complexity index is 501. The van der Waals surface area contributed by atoms with Crippen LogP contribution in [0.1, 0.15) is 43.7 Å². The number of alkyl halides is 3. The smallest absolute Gasteiger partial charge is 0.406 e. The molecule has 3 nitrogen and oxygen atoms in total. The van der Waals surface area contributed by atoms with Crippen LogP contribution in [-0.4, -0.2) is 17.6 Å². The first-order valence-corrected chi connectivity index (χ1v) is 7.27. The molecule has 1 aromatic rings. The van der Waals surface area contributed by atoms with Gasteiger partial charge in [0.25, 0.3) is 0 Å². The molecule has 0 saturated heterocycles. The standard InChI is InChI=1S/C15H19F4NO2/c16-12-7-6-10(22-15(17,18)19)8-11(12)13(20)14(21)9-4-2-1-3-5-9/h6-9,13-14,21H,1-5,20H2/t13-,14+/m0/s1. The van der Waals surface area contributed by atoms with Crippen LogP contribution in [0.5, 0.6) is 5.75 Å². The van der Waals surface area contributed by atoms with E-state index in [1.165, 1.54) is 0 Å². The molecule has 124 valence electrons. The molecule has 2 atom stereocenters. The summed E-state index contributed by atoms with van der Waals surface area (Å²) in [6, 6.07) is 1.56. The number of ether oxygens (including phenoxy) is 1. The van der Waals surface area contributed by atoms with E-state index in [-0.39, 0.29) is 11.5 Å². The summed E-state index contributed by atoms with van der Waals surface area (Å²) in [6.07, 6.45) is -1.26. The van der Waals surface area contributed by atoms with Gasteiger partial charge in [-0.1, -0.05) is 19.3 Å². The molecule has 0 spiro atoms. The first-order chi connectivity index (χ1) is 10.3. The molecule has 7 heteroatoms. The highest BCUT2D eigenvalue weighted by molar-refractivity contribution is 5.32. The highest BCUT2D eigenvalue weighted by Crippen LogP contribution is 2.34. The number of benzene rings is 1. The molecule has 0 bridgehead atoms. The first-order valence-electron chi connectivity index (χ1n) is 7.27. The molecule has 2 rings (SSSR count). The Labute approximate surface area is 126 Å². The fourth-order valence-electron chi connectivity index (χ4n) is 2.93. The molecule has 1 fully saturated rings. The van der Waals surface area contributed by atoms with Gasteiger partial charge in [-0.05, 0) is 37.0 Å². The minimum absolute atomic E-state index is 0.0599. The minimum atomic E-state index is -4.86. The zero-order chi connectivity index (χ0) is 16.3. The van der Waals surface area contributed by atoms with E-state index in [2.05, 4.69) is 4.74 Å². The van der Waals surface area contributed by atoms with Gasteiger partial charge in [0.1, 0.15) is 11.6 Å². The van der Waals surface area contributed by atoms with Crippen LogP contribution in [0, 0.1) is 11.7 Å². The van der Waals surface area contributed by atoms with E-state index in [0.717, 1.165) is 50.3 Å². The number of hydrogen-bond donors (Lipinski definition) is 2. The molecule has 0 heterocycles. The lowest BCUT2D eigenvalue weighted by Crippen LogP contribution is -2.34. The molecule has 0 amide bonds. The van der Waals surface area contributed by atoms with Gasteiger partial charge in [0.2, 0.25) is 0 Å². The van der Waals surface area contributed by atoms with Gasteiger partial charge in [-0.15, -0.1) is 13.2 Å². The van der Waals surface area contributed by atoms with Gasteiger partial charge >= 0.3 is 6.36 Å². The summed E-state index contributed by atoms with van der Waals surface area (Å²) in [7, 11) is 0. The lowest BCUT2D eigenvalue weighted by atomic mass is 9.81. The summed E-state index contributed by atoms with van der Waals surface area (Å²) in [6.45, 7) is 0. The largest absolute Gasteiger partial charge is 0.573 e. The van der Waals surface area contributed by atoms with E-state index in [1.807, 2.05) is 0 Å². The van der Waals surface area contributed by atoms with Crippen molar-refractivity contribution in [2.45, 2.75) is 50.6 Å². The molecule has 0 unspecified atom stereocenters. The highest BCUT2D eigenvalue weighted by atomic mass is 19.4. The molecule has 0 radical (unpaired) electrons. The molecule has 1 aromatic carbocycles. The summed E-state index contributed by atoms with van der Waals surface area (Å²) < 4.78 is 54.3. The number of nitrogens with two attached hydrogens (primary N) is 1. The van der Waals surface area contributed by atoms with Crippen LogP contribution in [0.25, 0.3) is 0 Å². The Morgan fingerprint density at radius 1 is 1.18 bits per heavy atom. The lowest BCUT2D eigenvalue weighted by Gasteiger charge is -2.30. The fourth-order valence-corrected chi connectivity index (χ4v) is 2.93. The molecule has 0 aromatic heterocycles. The molecular weight excluding hydrogens is 302 g/mol. The van der Waals surface area contributed by atoms with E-state index < -0.39 is 30.1 Å². The monoisotopic (exact) mass is 321 g/mol. The van der Waals surface area contributed by atoms with Crippen LogP contribution in [0.3, 0.4) is 0 Å². The van der Waals surface area contributed by atoms with E-state index in [0.29, 0.717) is 0 Å². The maximum Gasteiger partial charge on any atom is 0.573 e. The van der Waals surface area contributed by atoms with Gasteiger partial charge in [0.05, 0.1) is 12.1 Å². The van der Waals surface area contributed by atoms with Crippen LogP contribution >= 0.6 is 0 Å². The van der Waals surface area contributed by atoms with Crippen molar-refractivity contribution in [3.8, 4) is 5.75 Å². The van der Waals surface area contributed by atoms with Gasteiger partial charge in [0.15, 0.2) is 0 Å². The Hall–Kier alpha value is -1.34. The van der Waals surface area contributed by atoms with Crippen LogP contribution in [0.15, 0.2) is 18.2 Å². The van der Waals surface area contributed by atoms with E-state index in [1.54, 1.807) is 0 Å². The maximum absolute atomic E-state index is 13.9. The fraction of sp³-hybridized carbons (Fsp3) is 0.600. The topological polar surface area (TPSA) is 55.5 Å². The first kappa shape index (κ1) is 17.0. The molecule has 3 N–H and O–H groups in total. The maximum atomic E-state index is 13.9. The van der Waals surface area contributed by atoms with Crippen LogP contribution in [-0.2, 0) is 0 Å². The quantitative estimate of drug-likeness (QED) is 0.832. The van der Waals surface area contributed by atoms with Gasteiger partial charge in [0, 0.05) is 5.56 Å². The van der Waals surface area contributed by atoms with Crippen molar-refractivity contribution in [2.24, 2.45) is 11.7 Å². The molecule has 1 aliphatic carbocycles. The van der Waals surface area contributed by atoms with Gasteiger partial charge < -0.3 is 15.6 Å². The number of aliphatic hydroxyl groups is 1. The van der Waals surface area contributed by atoms with Crippen molar-refractivity contribution < 1.29 is 27.4 Å². The van der Waals surface area contributed by atoms with Crippen molar-refractivity contribution in [1.82, 2.24) is 0 Å². The third kappa shape index (κ3) is 4.33. The van der Waals surface area contributed by atoms with Gasteiger partial charge in [-0.2, -0.15) is 0 Å². The second kappa shape index (κ2) is 6.83. The lowest BCUT2D eigenvalue weighted by molar-refractivity contribution is -0.274. The molecule has 0 aliphatic heterocycles. The predicted octanol–water partition coefficient (Wildman–Crippen LogP) is 3.67. The molecule has 1 aliphatic rings. The Balaban J connectivity index is 2.16. The molecule has 22 heavy (non-hydrogen) atoms.